The zero-order chi connectivity index (χ0) is 12.3. The number of benzene rings is 1. The van der Waals surface area contributed by atoms with E-state index in [1.807, 2.05) is 24.7 Å². The van der Waals surface area contributed by atoms with Crippen molar-refractivity contribution in [3.8, 4) is 0 Å². The quantitative estimate of drug-likeness (QED) is 0.873. The number of nitrogens with zero attached hydrogens (tertiary/aromatic N) is 2. The van der Waals surface area contributed by atoms with Gasteiger partial charge >= 0.3 is 0 Å². The first-order valence-corrected chi connectivity index (χ1v) is 5.94. The summed E-state index contributed by atoms with van der Waals surface area (Å²) in [6.07, 6.45) is 0. The summed E-state index contributed by atoms with van der Waals surface area (Å²) in [5, 5.41) is 7.85. The molecular formula is C14H19N3. The Morgan fingerprint density at radius 1 is 1.29 bits per heavy atom. The van der Waals surface area contributed by atoms with Crippen molar-refractivity contribution in [2.45, 2.75) is 26.4 Å². The van der Waals surface area contributed by atoms with E-state index in [4.69, 9.17) is 0 Å². The van der Waals surface area contributed by atoms with Crippen molar-refractivity contribution in [3.05, 3.63) is 53.3 Å². The minimum absolute atomic E-state index is 0.353. The van der Waals surface area contributed by atoms with Gasteiger partial charge in [0.05, 0.1) is 11.4 Å². The van der Waals surface area contributed by atoms with E-state index in [0.29, 0.717) is 6.04 Å². The SMILES string of the molecule is Cc1cc(CN[C@H](C)c2ccccc2)n(C)n1. The van der Waals surface area contributed by atoms with Crippen LogP contribution in [0.4, 0.5) is 0 Å². The normalized spacial score (nSPS) is 12.6. The molecule has 0 saturated carbocycles. The zero-order valence-corrected chi connectivity index (χ0v) is 10.6. The van der Waals surface area contributed by atoms with Crippen molar-refractivity contribution in [1.82, 2.24) is 15.1 Å². The van der Waals surface area contributed by atoms with Crippen LogP contribution in [-0.4, -0.2) is 9.78 Å². The van der Waals surface area contributed by atoms with E-state index in [1.165, 1.54) is 11.3 Å². The Morgan fingerprint density at radius 3 is 2.59 bits per heavy atom. The molecular weight excluding hydrogens is 210 g/mol. The van der Waals surface area contributed by atoms with Crippen LogP contribution in [0.15, 0.2) is 36.4 Å². The molecule has 0 saturated heterocycles. The van der Waals surface area contributed by atoms with Gasteiger partial charge in [-0.05, 0) is 25.5 Å². The minimum atomic E-state index is 0.353. The Labute approximate surface area is 102 Å². The molecule has 0 amide bonds. The summed E-state index contributed by atoms with van der Waals surface area (Å²) in [5.41, 5.74) is 3.59. The molecule has 0 bridgehead atoms. The van der Waals surface area contributed by atoms with Gasteiger partial charge in [-0.25, -0.2) is 0 Å². The Kier molecular flexibility index (Phi) is 3.59. The van der Waals surface area contributed by atoms with Crippen molar-refractivity contribution in [2.75, 3.05) is 0 Å². The van der Waals surface area contributed by atoms with Gasteiger partial charge in [0.1, 0.15) is 0 Å². The molecule has 0 unspecified atom stereocenters. The molecule has 3 heteroatoms. The van der Waals surface area contributed by atoms with Crippen molar-refractivity contribution >= 4 is 0 Å². The lowest BCUT2D eigenvalue weighted by molar-refractivity contribution is 0.548. The molecule has 1 aromatic carbocycles. The Bertz CT molecular complexity index is 473. The summed E-state index contributed by atoms with van der Waals surface area (Å²) in [4.78, 5) is 0. The van der Waals surface area contributed by atoms with Crippen LogP contribution in [0.3, 0.4) is 0 Å². The number of aryl methyl sites for hydroxylation is 2. The third kappa shape index (κ3) is 2.94. The topological polar surface area (TPSA) is 29.9 Å². The van der Waals surface area contributed by atoms with Crippen molar-refractivity contribution in [1.29, 1.82) is 0 Å². The maximum atomic E-state index is 4.34. The molecule has 17 heavy (non-hydrogen) atoms. The summed E-state index contributed by atoms with van der Waals surface area (Å²) in [6, 6.07) is 12.9. The molecule has 1 N–H and O–H groups in total. The molecule has 0 spiro atoms. The van der Waals surface area contributed by atoms with Crippen LogP contribution in [0.25, 0.3) is 0 Å². The van der Waals surface area contributed by atoms with Crippen molar-refractivity contribution in [2.24, 2.45) is 7.05 Å². The van der Waals surface area contributed by atoms with Crippen LogP contribution in [0, 0.1) is 6.92 Å². The molecule has 2 rings (SSSR count). The zero-order valence-electron chi connectivity index (χ0n) is 10.6. The van der Waals surface area contributed by atoms with Gasteiger partial charge in [0.25, 0.3) is 0 Å². The van der Waals surface area contributed by atoms with E-state index in [1.54, 1.807) is 0 Å². The lowest BCUT2D eigenvalue weighted by Crippen LogP contribution is -2.19. The Morgan fingerprint density at radius 2 is 2.00 bits per heavy atom. The highest BCUT2D eigenvalue weighted by Crippen LogP contribution is 2.12. The van der Waals surface area contributed by atoms with Crippen LogP contribution < -0.4 is 5.32 Å². The van der Waals surface area contributed by atoms with Crippen LogP contribution in [0.1, 0.15) is 29.9 Å². The number of aromatic nitrogens is 2. The van der Waals surface area contributed by atoms with Gasteiger partial charge in [0.15, 0.2) is 0 Å². The van der Waals surface area contributed by atoms with E-state index in [2.05, 4.69) is 47.7 Å². The van der Waals surface area contributed by atoms with Crippen LogP contribution in [0.2, 0.25) is 0 Å². The second-order valence-corrected chi connectivity index (χ2v) is 4.41. The second-order valence-electron chi connectivity index (χ2n) is 4.41. The van der Waals surface area contributed by atoms with Gasteiger partial charge in [0.2, 0.25) is 0 Å². The average molecular weight is 229 g/mol. The molecule has 1 atom stereocenters. The van der Waals surface area contributed by atoms with Gasteiger partial charge in [-0.2, -0.15) is 5.10 Å². The first-order chi connectivity index (χ1) is 8.16. The van der Waals surface area contributed by atoms with Crippen LogP contribution in [-0.2, 0) is 13.6 Å². The third-order valence-electron chi connectivity index (χ3n) is 2.99. The third-order valence-corrected chi connectivity index (χ3v) is 2.99. The van der Waals surface area contributed by atoms with Gasteiger partial charge in [-0.1, -0.05) is 30.3 Å². The molecule has 2 aromatic rings. The minimum Gasteiger partial charge on any atom is -0.305 e. The number of hydrogen-bond acceptors (Lipinski definition) is 2. The maximum Gasteiger partial charge on any atom is 0.0597 e. The molecule has 3 nitrogen and oxygen atoms in total. The first-order valence-electron chi connectivity index (χ1n) is 5.94. The predicted molar refractivity (Wildman–Crippen MR) is 69.6 cm³/mol. The van der Waals surface area contributed by atoms with Gasteiger partial charge in [-0.15, -0.1) is 0 Å². The largest absolute Gasteiger partial charge is 0.305 e. The fourth-order valence-corrected chi connectivity index (χ4v) is 1.95. The average Bonchev–Trinajstić information content (AvgIpc) is 2.66. The van der Waals surface area contributed by atoms with E-state index in [9.17, 15) is 0 Å². The molecule has 1 heterocycles. The summed E-state index contributed by atoms with van der Waals surface area (Å²) < 4.78 is 1.93. The monoisotopic (exact) mass is 229 g/mol. The highest BCUT2D eigenvalue weighted by molar-refractivity contribution is 5.18. The summed E-state index contributed by atoms with van der Waals surface area (Å²) in [5.74, 6) is 0. The number of hydrogen-bond donors (Lipinski definition) is 1. The van der Waals surface area contributed by atoms with E-state index >= 15 is 0 Å². The van der Waals surface area contributed by atoms with E-state index < -0.39 is 0 Å². The number of nitrogens with one attached hydrogen (secondary N) is 1. The first kappa shape index (κ1) is 11.9. The lowest BCUT2D eigenvalue weighted by atomic mass is 10.1. The number of rotatable bonds is 4. The van der Waals surface area contributed by atoms with Crippen LogP contribution in [0.5, 0.6) is 0 Å². The van der Waals surface area contributed by atoms with E-state index in [0.717, 1.165) is 12.2 Å². The van der Waals surface area contributed by atoms with E-state index in [-0.39, 0.29) is 0 Å². The Balaban J connectivity index is 1.97. The Hall–Kier alpha value is -1.61. The molecule has 0 aliphatic rings. The highest BCUT2D eigenvalue weighted by atomic mass is 15.3. The molecule has 90 valence electrons. The summed E-state index contributed by atoms with van der Waals surface area (Å²) >= 11 is 0. The van der Waals surface area contributed by atoms with Gasteiger partial charge in [-0.3, -0.25) is 4.68 Å². The summed E-state index contributed by atoms with van der Waals surface area (Å²) in [6.45, 7) is 5.04. The smallest absolute Gasteiger partial charge is 0.0597 e. The molecule has 0 aliphatic heterocycles. The second kappa shape index (κ2) is 5.15. The molecule has 0 fully saturated rings. The summed E-state index contributed by atoms with van der Waals surface area (Å²) in [7, 11) is 1.98. The van der Waals surface area contributed by atoms with Crippen molar-refractivity contribution < 1.29 is 0 Å². The fraction of sp³-hybridized carbons (Fsp3) is 0.357. The standard InChI is InChI=1S/C14H19N3/c1-11-9-14(17(3)16-11)10-15-12(2)13-7-5-4-6-8-13/h4-9,12,15H,10H2,1-3H3/t12-/m1/s1. The predicted octanol–water partition coefficient (Wildman–Crippen LogP) is 2.58. The van der Waals surface area contributed by atoms with Crippen molar-refractivity contribution in [3.63, 3.8) is 0 Å². The van der Waals surface area contributed by atoms with Gasteiger partial charge in [0, 0.05) is 19.6 Å². The molecule has 0 aliphatic carbocycles. The molecule has 1 aromatic heterocycles. The van der Waals surface area contributed by atoms with Crippen LogP contribution >= 0.6 is 0 Å². The maximum absolute atomic E-state index is 4.34. The highest BCUT2D eigenvalue weighted by Gasteiger charge is 2.06. The fourth-order valence-electron chi connectivity index (χ4n) is 1.95. The van der Waals surface area contributed by atoms with Gasteiger partial charge < -0.3 is 5.32 Å². The molecule has 0 radical (unpaired) electrons. The lowest BCUT2D eigenvalue weighted by Gasteiger charge is -2.14.